The quantitative estimate of drug-likeness (QED) is 0.590. The van der Waals surface area contributed by atoms with Gasteiger partial charge in [-0.2, -0.15) is 5.26 Å². The number of halogens is 1. The molecule has 0 amide bonds. The molecule has 1 aliphatic rings. The maximum Gasteiger partial charge on any atom is 0.0956 e. The number of rotatable bonds is 1. The minimum Gasteiger partial charge on any atom is -0.371 e. The summed E-state index contributed by atoms with van der Waals surface area (Å²) in [5.41, 5.74) is 1.17. The molecule has 0 N–H and O–H groups in total. The minimum atomic E-state index is 0.0285. The second-order valence-corrected chi connectivity index (χ2v) is 4.78. The van der Waals surface area contributed by atoms with Crippen LogP contribution < -0.4 is 0 Å². The van der Waals surface area contributed by atoms with Gasteiger partial charge in [0.25, 0.3) is 0 Å². The maximum atomic E-state index is 8.87. The molecule has 0 bridgehead atoms. The van der Waals surface area contributed by atoms with Gasteiger partial charge < -0.3 is 4.74 Å². The third-order valence-electron chi connectivity index (χ3n) is 2.42. The Morgan fingerprint density at radius 2 is 2.07 bits per heavy atom. The molecule has 1 heterocycles. The van der Waals surface area contributed by atoms with E-state index in [0.29, 0.717) is 6.61 Å². The standard InChI is InChI=1S/C11H10INO/c12-10-9(6-13)7-14-11(10)8-4-2-1-3-5-8/h1-5,9-11H,7H2/t9-,10+,11-/m0/s1. The molecule has 1 saturated heterocycles. The Hall–Kier alpha value is -0.600. The predicted octanol–water partition coefficient (Wildman–Crippen LogP) is 2.70. The lowest BCUT2D eigenvalue weighted by atomic mass is 10.0. The van der Waals surface area contributed by atoms with E-state index in [0.717, 1.165) is 0 Å². The molecule has 0 aromatic heterocycles. The molecule has 1 aromatic carbocycles. The first-order valence-electron chi connectivity index (χ1n) is 4.53. The van der Waals surface area contributed by atoms with E-state index in [1.807, 2.05) is 18.2 Å². The van der Waals surface area contributed by atoms with Gasteiger partial charge in [-0.1, -0.05) is 52.9 Å². The third-order valence-corrected chi connectivity index (χ3v) is 3.94. The molecule has 3 atom stereocenters. The van der Waals surface area contributed by atoms with Crippen molar-refractivity contribution in [1.82, 2.24) is 0 Å². The summed E-state index contributed by atoms with van der Waals surface area (Å²) in [6, 6.07) is 12.4. The Morgan fingerprint density at radius 3 is 2.64 bits per heavy atom. The van der Waals surface area contributed by atoms with Crippen molar-refractivity contribution in [1.29, 1.82) is 5.26 Å². The molecule has 0 saturated carbocycles. The van der Waals surface area contributed by atoms with Gasteiger partial charge in [0.2, 0.25) is 0 Å². The normalized spacial score (nSPS) is 31.3. The number of nitrogens with zero attached hydrogens (tertiary/aromatic N) is 1. The number of ether oxygens (including phenoxy) is 1. The van der Waals surface area contributed by atoms with Crippen molar-refractivity contribution in [3.8, 4) is 6.07 Å². The van der Waals surface area contributed by atoms with E-state index in [1.54, 1.807) is 0 Å². The van der Waals surface area contributed by atoms with Crippen LogP contribution in [0, 0.1) is 17.2 Å². The van der Waals surface area contributed by atoms with Gasteiger partial charge in [0.15, 0.2) is 0 Å². The summed E-state index contributed by atoms with van der Waals surface area (Å²) < 4.78 is 5.89. The van der Waals surface area contributed by atoms with Gasteiger partial charge >= 0.3 is 0 Å². The van der Waals surface area contributed by atoms with Crippen LogP contribution in [0.2, 0.25) is 0 Å². The van der Waals surface area contributed by atoms with Crippen molar-refractivity contribution in [3.63, 3.8) is 0 Å². The van der Waals surface area contributed by atoms with Gasteiger partial charge in [0.05, 0.1) is 28.6 Å². The van der Waals surface area contributed by atoms with Gasteiger partial charge in [0.1, 0.15) is 0 Å². The predicted molar refractivity (Wildman–Crippen MR) is 62.0 cm³/mol. The number of nitriles is 1. The average Bonchev–Trinajstić information content (AvgIpc) is 2.61. The molecule has 0 spiro atoms. The fraction of sp³-hybridized carbons (Fsp3) is 0.364. The SMILES string of the molecule is N#C[C@H]1CO[C@@H](c2ccccc2)[C@@H]1I. The molecule has 3 heteroatoms. The van der Waals surface area contributed by atoms with E-state index < -0.39 is 0 Å². The molecule has 72 valence electrons. The molecule has 1 fully saturated rings. The lowest BCUT2D eigenvalue weighted by Crippen LogP contribution is -2.12. The summed E-state index contributed by atoms with van der Waals surface area (Å²) >= 11 is 2.31. The topological polar surface area (TPSA) is 33.0 Å². The van der Waals surface area contributed by atoms with Crippen LogP contribution in [0.15, 0.2) is 30.3 Å². The van der Waals surface area contributed by atoms with Crippen LogP contribution in [0.3, 0.4) is 0 Å². The highest BCUT2D eigenvalue weighted by Gasteiger charge is 2.36. The van der Waals surface area contributed by atoms with Crippen molar-refractivity contribution in [2.75, 3.05) is 6.61 Å². The van der Waals surface area contributed by atoms with Crippen LogP contribution in [0.1, 0.15) is 11.7 Å². The molecule has 2 nitrogen and oxygen atoms in total. The van der Waals surface area contributed by atoms with Gasteiger partial charge in [-0.05, 0) is 5.56 Å². The average molecular weight is 299 g/mol. The van der Waals surface area contributed by atoms with E-state index in [-0.39, 0.29) is 15.9 Å². The summed E-state index contributed by atoms with van der Waals surface area (Å²) in [6.45, 7) is 0.559. The maximum absolute atomic E-state index is 8.87. The molecule has 1 aromatic rings. The van der Waals surface area contributed by atoms with Crippen molar-refractivity contribution in [2.45, 2.75) is 10.0 Å². The van der Waals surface area contributed by atoms with Crippen molar-refractivity contribution in [2.24, 2.45) is 5.92 Å². The number of benzene rings is 1. The highest BCUT2D eigenvalue weighted by Crippen LogP contribution is 2.37. The molecule has 1 aliphatic heterocycles. The minimum absolute atomic E-state index is 0.0285. The molecule has 2 rings (SSSR count). The van der Waals surface area contributed by atoms with Gasteiger partial charge in [-0.15, -0.1) is 0 Å². The monoisotopic (exact) mass is 299 g/mol. The van der Waals surface area contributed by atoms with E-state index in [4.69, 9.17) is 10.00 Å². The lowest BCUT2D eigenvalue weighted by molar-refractivity contribution is 0.112. The summed E-state index contributed by atoms with van der Waals surface area (Å²) in [5.74, 6) is 0.0285. The largest absolute Gasteiger partial charge is 0.371 e. The van der Waals surface area contributed by atoms with Gasteiger partial charge in [-0.25, -0.2) is 0 Å². The van der Waals surface area contributed by atoms with Crippen molar-refractivity contribution >= 4 is 22.6 Å². The molecule has 0 unspecified atom stereocenters. The number of hydrogen-bond donors (Lipinski definition) is 0. The smallest absolute Gasteiger partial charge is 0.0956 e. The second kappa shape index (κ2) is 4.28. The van der Waals surface area contributed by atoms with Crippen LogP contribution in [-0.2, 0) is 4.74 Å². The highest BCUT2D eigenvalue weighted by atomic mass is 127. The van der Waals surface area contributed by atoms with Gasteiger partial charge in [-0.3, -0.25) is 0 Å². The summed E-state index contributed by atoms with van der Waals surface area (Å²) in [5, 5.41) is 8.87. The Balaban J connectivity index is 2.19. The number of alkyl halides is 1. The van der Waals surface area contributed by atoms with Crippen LogP contribution in [0.25, 0.3) is 0 Å². The van der Waals surface area contributed by atoms with Gasteiger partial charge in [0, 0.05) is 0 Å². The highest BCUT2D eigenvalue weighted by molar-refractivity contribution is 14.1. The summed E-state index contributed by atoms with van der Waals surface area (Å²) in [6.07, 6.45) is 0.0847. The Labute approximate surface area is 97.0 Å². The van der Waals surface area contributed by atoms with Crippen molar-refractivity contribution in [3.05, 3.63) is 35.9 Å². The Kier molecular flexibility index (Phi) is 3.04. The third kappa shape index (κ3) is 1.77. The zero-order valence-corrected chi connectivity index (χ0v) is 9.72. The van der Waals surface area contributed by atoms with E-state index >= 15 is 0 Å². The summed E-state index contributed by atoms with van der Waals surface area (Å²) in [7, 11) is 0. The van der Waals surface area contributed by atoms with E-state index in [1.165, 1.54) is 5.56 Å². The second-order valence-electron chi connectivity index (χ2n) is 3.34. The molecular weight excluding hydrogens is 289 g/mol. The van der Waals surface area contributed by atoms with Crippen LogP contribution in [0.4, 0.5) is 0 Å². The molecule has 0 radical (unpaired) electrons. The Morgan fingerprint density at radius 1 is 1.36 bits per heavy atom. The fourth-order valence-electron chi connectivity index (χ4n) is 1.63. The first-order chi connectivity index (χ1) is 6.83. The number of hydrogen-bond acceptors (Lipinski definition) is 2. The lowest BCUT2D eigenvalue weighted by Gasteiger charge is -2.13. The fourth-order valence-corrected chi connectivity index (χ4v) is 2.62. The Bertz CT molecular complexity index is 346. The van der Waals surface area contributed by atoms with Crippen LogP contribution in [-0.4, -0.2) is 10.5 Å². The zero-order valence-electron chi connectivity index (χ0n) is 7.56. The van der Waals surface area contributed by atoms with Crippen molar-refractivity contribution < 1.29 is 4.74 Å². The van der Waals surface area contributed by atoms with Crippen LogP contribution >= 0.6 is 22.6 Å². The first-order valence-corrected chi connectivity index (χ1v) is 5.77. The molecule has 0 aliphatic carbocycles. The van der Waals surface area contributed by atoms with E-state index in [2.05, 4.69) is 40.8 Å². The van der Waals surface area contributed by atoms with Crippen LogP contribution in [0.5, 0.6) is 0 Å². The van der Waals surface area contributed by atoms with E-state index in [9.17, 15) is 0 Å². The molecular formula is C11H10INO. The molecule has 14 heavy (non-hydrogen) atoms. The zero-order chi connectivity index (χ0) is 9.97. The summed E-state index contributed by atoms with van der Waals surface area (Å²) in [4.78, 5) is 0. The first kappa shape index (κ1) is 9.94.